The van der Waals surface area contributed by atoms with Crippen LogP contribution in [0.15, 0.2) is 48.8 Å². The number of rotatable bonds is 5. The summed E-state index contributed by atoms with van der Waals surface area (Å²) in [7, 11) is 0. The van der Waals surface area contributed by atoms with E-state index >= 15 is 0 Å². The summed E-state index contributed by atoms with van der Waals surface area (Å²) in [6.45, 7) is 0. The standard InChI is InChI=1S/C16H10F2IN5O2/c17-12-6-5-11(7-13(12)18)23-16-14(24(25)26)15(20-8-21-16)22-10-3-1-9(19)2-4-10/h1-8H,(H2,20,21,22,23). The third kappa shape index (κ3) is 4.02. The maximum Gasteiger partial charge on any atom is 0.353 e. The topological polar surface area (TPSA) is 93.0 Å². The third-order valence-electron chi connectivity index (χ3n) is 3.29. The number of benzene rings is 2. The highest BCUT2D eigenvalue weighted by Crippen LogP contribution is 2.33. The van der Waals surface area contributed by atoms with Crippen LogP contribution >= 0.6 is 22.6 Å². The maximum absolute atomic E-state index is 13.3. The molecule has 3 aromatic rings. The second kappa shape index (κ2) is 7.56. The molecule has 10 heteroatoms. The predicted octanol–water partition coefficient (Wildman–Crippen LogP) is 4.75. The molecule has 0 saturated carbocycles. The van der Waals surface area contributed by atoms with Gasteiger partial charge >= 0.3 is 5.69 Å². The van der Waals surface area contributed by atoms with Crippen LogP contribution in [0.2, 0.25) is 0 Å². The van der Waals surface area contributed by atoms with E-state index in [1.165, 1.54) is 6.07 Å². The van der Waals surface area contributed by atoms with Crippen LogP contribution < -0.4 is 10.6 Å². The van der Waals surface area contributed by atoms with Crippen LogP contribution in [0.4, 0.5) is 37.5 Å². The molecule has 0 spiro atoms. The van der Waals surface area contributed by atoms with E-state index in [1.807, 2.05) is 12.1 Å². The van der Waals surface area contributed by atoms with Crippen LogP contribution in [0.1, 0.15) is 0 Å². The fraction of sp³-hybridized carbons (Fsp3) is 0. The summed E-state index contributed by atoms with van der Waals surface area (Å²) in [5.74, 6) is -2.28. The number of aromatic nitrogens is 2. The molecule has 0 saturated heterocycles. The zero-order valence-corrected chi connectivity index (χ0v) is 15.1. The lowest BCUT2D eigenvalue weighted by Crippen LogP contribution is -2.05. The van der Waals surface area contributed by atoms with E-state index in [1.54, 1.807) is 12.1 Å². The van der Waals surface area contributed by atoms with E-state index in [-0.39, 0.29) is 17.3 Å². The Morgan fingerprint density at radius 3 is 2.08 bits per heavy atom. The van der Waals surface area contributed by atoms with Gasteiger partial charge in [-0.05, 0) is 59.0 Å². The smallest absolute Gasteiger partial charge is 0.334 e. The molecule has 7 nitrogen and oxygen atoms in total. The monoisotopic (exact) mass is 469 g/mol. The van der Waals surface area contributed by atoms with Gasteiger partial charge in [0.25, 0.3) is 0 Å². The molecule has 2 N–H and O–H groups in total. The molecule has 3 rings (SSSR count). The van der Waals surface area contributed by atoms with Gasteiger partial charge in [0, 0.05) is 21.0 Å². The lowest BCUT2D eigenvalue weighted by molar-refractivity contribution is -0.383. The summed E-state index contributed by atoms with van der Waals surface area (Å²) in [4.78, 5) is 18.6. The SMILES string of the molecule is O=[N+]([O-])c1c(Nc2ccc(I)cc2)ncnc1Nc1ccc(F)c(F)c1. The zero-order chi connectivity index (χ0) is 18.7. The van der Waals surface area contributed by atoms with Gasteiger partial charge in [0.1, 0.15) is 6.33 Å². The second-order valence-electron chi connectivity index (χ2n) is 5.06. The zero-order valence-electron chi connectivity index (χ0n) is 12.9. The Hall–Kier alpha value is -2.89. The van der Waals surface area contributed by atoms with Crippen molar-refractivity contribution in [2.75, 3.05) is 10.6 Å². The van der Waals surface area contributed by atoms with Crippen molar-refractivity contribution in [3.05, 3.63) is 74.1 Å². The minimum Gasteiger partial charge on any atom is -0.334 e. The van der Waals surface area contributed by atoms with E-state index in [4.69, 9.17) is 0 Å². The fourth-order valence-corrected chi connectivity index (χ4v) is 2.47. The first-order valence-corrected chi connectivity index (χ1v) is 8.26. The normalized spacial score (nSPS) is 10.4. The van der Waals surface area contributed by atoms with Crippen molar-refractivity contribution in [1.82, 2.24) is 9.97 Å². The van der Waals surface area contributed by atoms with Gasteiger partial charge in [-0.15, -0.1) is 0 Å². The van der Waals surface area contributed by atoms with E-state index in [0.29, 0.717) is 5.69 Å². The average molecular weight is 469 g/mol. The summed E-state index contributed by atoms with van der Waals surface area (Å²) in [5.41, 5.74) is 0.299. The third-order valence-corrected chi connectivity index (χ3v) is 4.01. The van der Waals surface area contributed by atoms with Crippen molar-refractivity contribution in [3.8, 4) is 0 Å². The van der Waals surface area contributed by atoms with Gasteiger partial charge in [0.15, 0.2) is 11.6 Å². The number of nitrogens with one attached hydrogen (secondary N) is 2. The van der Waals surface area contributed by atoms with Gasteiger partial charge in [-0.1, -0.05) is 0 Å². The van der Waals surface area contributed by atoms with Gasteiger partial charge in [-0.2, -0.15) is 0 Å². The van der Waals surface area contributed by atoms with Gasteiger partial charge in [0.05, 0.1) is 4.92 Å². The number of anilines is 4. The Balaban J connectivity index is 1.96. The molecule has 0 amide bonds. The van der Waals surface area contributed by atoms with Gasteiger partial charge in [-0.25, -0.2) is 18.7 Å². The Morgan fingerprint density at radius 2 is 1.50 bits per heavy atom. The average Bonchev–Trinajstić information content (AvgIpc) is 2.60. The van der Waals surface area contributed by atoms with Crippen molar-refractivity contribution >= 4 is 51.3 Å². The molecule has 1 heterocycles. The van der Waals surface area contributed by atoms with E-state index < -0.39 is 22.2 Å². The molecule has 132 valence electrons. The molecule has 0 aliphatic carbocycles. The minimum absolute atomic E-state index is 0.0312. The molecule has 0 aliphatic rings. The summed E-state index contributed by atoms with van der Waals surface area (Å²) in [6, 6.07) is 10.2. The first kappa shape index (κ1) is 17.9. The quantitative estimate of drug-likeness (QED) is 0.318. The number of hydrogen-bond acceptors (Lipinski definition) is 6. The number of halogens is 3. The molecule has 0 atom stereocenters. The molecule has 0 fully saturated rings. The van der Waals surface area contributed by atoms with Crippen LogP contribution in [0, 0.1) is 25.3 Å². The van der Waals surface area contributed by atoms with Crippen molar-refractivity contribution in [1.29, 1.82) is 0 Å². The summed E-state index contributed by atoms with van der Waals surface area (Å²) in [6.07, 6.45) is 1.13. The highest BCUT2D eigenvalue weighted by atomic mass is 127. The minimum atomic E-state index is -1.08. The summed E-state index contributed by atoms with van der Waals surface area (Å²) < 4.78 is 27.4. The van der Waals surface area contributed by atoms with Gasteiger partial charge < -0.3 is 10.6 Å². The summed E-state index contributed by atoms with van der Waals surface area (Å²) >= 11 is 2.14. The van der Waals surface area contributed by atoms with Crippen LogP contribution in [-0.2, 0) is 0 Å². The van der Waals surface area contributed by atoms with Crippen LogP contribution in [0.3, 0.4) is 0 Å². The number of nitrogens with zero attached hydrogens (tertiary/aromatic N) is 3. The van der Waals surface area contributed by atoms with Crippen LogP contribution in [-0.4, -0.2) is 14.9 Å². The van der Waals surface area contributed by atoms with Crippen molar-refractivity contribution in [2.24, 2.45) is 0 Å². The molecule has 2 aromatic carbocycles. The van der Waals surface area contributed by atoms with Crippen molar-refractivity contribution < 1.29 is 13.7 Å². The van der Waals surface area contributed by atoms with Crippen molar-refractivity contribution in [3.63, 3.8) is 0 Å². The largest absolute Gasteiger partial charge is 0.353 e. The Labute approximate surface area is 159 Å². The summed E-state index contributed by atoms with van der Waals surface area (Å²) in [5, 5.41) is 17.0. The molecule has 0 bridgehead atoms. The molecular formula is C16H10F2IN5O2. The van der Waals surface area contributed by atoms with Crippen LogP contribution in [0.25, 0.3) is 0 Å². The van der Waals surface area contributed by atoms with E-state index in [2.05, 4.69) is 43.2 Å². The molecule has 1 aromatic heterocycles. The Morgan fingerprint density at radius 1 is 0.923 bits per heavy atom. The van der Waals surface area contributed by atoms with Crippen molar-refractivity contribution in [2.45, 2.75) is 0 Å². The number of hydrogen-bond donors (Lipinski definition) is 2. The van der Waals surface area contributed by atoms with E-state index in [9.17, 15) is 18.9 Å². The van der Waals surface area contributed by atoms with Gasteiger partial charge in [0.2, 0.25) is 11.6 Å². The van der Waals surface area contributed by atoms with Crippen LogP contribution in [0.5, 0.6) is 0 Å². The fourth-order valence-electron chi connectivity index (χ4n) is 2.12. The first-order valence-electron chi connectivity index (χ1n) is 7.18. The predicted molar refractivity (Wildman–Crippen MR) is 101 cm³/mol. The second-order valence-corrected chi connectivity index (χ2v) is 6.31. The molecule has 0 radical (unpaired) electrons. The molecule has 0 aliphatic heterocycles. The lowest BCUT2D eigenvalue weighted by Gasteiger charge is -2.10. The maximum atomic E-state index is 13.3. The Bertz CT molecular complexity index is 969. The highest BCUT2D eigenvalue weighted by molar-refractivity contribution is 14.1. The molecule has 0 unspecified atom stereocenters. The number of nitro groups is 1. The lowest BCUT2D eigenvalue weighted by atomic mass is 10.3. The molecular weight excluding hydrogens is 459 g/mol. The first-order chi connectivity index (χ1) is 12.4. The molecule has 26 heavy (non-hydrogen) atoms. The van der Waals surface area contributed by atoms with E-state index in [0.717, 1.165) is 22.0 Å². The highest BCUT2D eigenvalue weighted by Gasteiger charge is 2.23. The van der Waals surface area contributed by atoms with Gasteiger partial charge in [-0.3, -0.25) is 10.1 Å². The Kier molecular flexibility index (Phi) is 5.21.